The van der Waals surface area contributed by atoms with Gasteiger partial charge in [-0.25, -0.2) is 8.78 Å². The standard InChI is InChI=1S/C21H20F2N2O2/c1-13(26)24-9-8-14-10-15(3-7-20(14)24)21(27)25(18-5-6-18)12-16-2-4-17(22)11-19(16)23/h2-4,7,10-11,18H,5-6,8-9,12H2,1H3. The zero-order valence-electron chi connectivity index (χ0n) is 15.0. The molecule has 27 heavy (non-hydrogen) atoms. The number of hydrogen-bond donors (Lipinski definition) is 0. The van der Waals surface area contributed by atoms with Gasteiger partial charge in [0.25, 0.3) is 5.91 Å². The van der Waals surface area contributed by atoms with Gasteiger partial charge in [0.15, 0.2) is 0 Å². The molecule has 0 bridgehead atoms. The minimum atomic E-state index is -0.639. The van der Waals surface area contributed by atoms with Crippen LogP contribution in [0.5, 0.6) is 0 Å². The van der Waals surface area contributed by atoms with Crippen LogP contribution in [0, 0.1) is 11.6 Å². The van der Waals surface area contributed by atoms with E-state index in [0.29, 0.717) is 24.1 Å². The third-order valence-corrected chi connectivity index (χ3v) is 5.21. The number of anilines is 1. The van der Waals surface area contributed by atoms with Gasteiger partial charge < -0.3 is 9.80 Å². The highest BCUT2D eigenvalue weighted by Crippen LogP contribution is 2.33. The van der Waals surface area contributed by atoms with Gasteiger partial charge in [-0.2, -0.15) is 0 Å². The number of nitrogens with zero attached hydrogens (tertiary/aromatic N) is 2. The lowest BCUT2D eigenvalue weighted by Crippen LogP contribution is -2.33. The molecule has 1 aliphatic heterocycles. The zero-order valence-corrected chi connectivity index (χ0v) is 15.0. The Labute approximate surface area is 156 Å². The molecule has 1 saturated carbocycles. The second-order valence-corrected chi connectivity index (χ2v) is 7.16. The van der Waals surface area contributed by atoms with Crippen LogP contribution in [0.4, 0.5) is 14.5 Å². The molecule has 0 aromatic heterocycles. The fourth-order valence-electron chi connectivity index (χ4n) is 3.61. The Morgan fingerprint density at radius 2 is 1.93 bits per heavy atom. The van der Waals surface area contributed by atoms with Crippen molar-refractivity contribution in [2.45, 2.75) is 38.8 Å². The summed E-state index contributed by atoms with van der Waals surface area (Å²) in [4.78, 5) is 28.1. The molecule has 0 radical (unpaired) electrons. The van der Waals surface area contributed by atoms with E-state index in [0.717, 1.165) is 30.2 Å². The zero-order chi connectivity index (χ0) is 19.1. The van der Waals surface area contributed by atoms with Crippen molar-refractivity contribution < 1.29 is 18.4 Å². The third-order valence-electron chi connectivity index (χ3n) is 5.21. The highest BCUT2D eigenvalue weighted by atomic mass is 19.1. The van der Waals surface area contributed by atoms with Crippen molar-refractivity contribution in [1.82, 2.24) is 4.90 Å². The largest absolute Gasteiger partial charge is 0.331 e. The highest BCUT2D eigenvalue weighted by Gasteiger charge is 2.34. The number of halogens is 2. The maximum Gasteiger partial charge on any atom is 0.254 e. The summed E-state index contributed by atoms with van der Waals surface area (Å²) in [5.41, 5.74) is 2.66. The summed E-state index contributed by atoms with van der Waals surface area (Å²) < 4.78 is 27.2. The molecule has 6 heteroatoms. The SMILES string of the molecule is CC(=O)N1CCc2cc(C(=O)N(Cc3ccc(F)cc3F)C3CC3)ccc21. The summed E-state index contributed by atoms with van der Waals surface area (Å²) in [6.07, 6.45) is 2.49. The molecular weight excluding hydrogens is 350 g/mol. The van der Waals surface area contributed by atoms with Crippen molar-refractivity contribution in [3.63, 3.8) is 0 Å². The molecule has 4 rings (SSSR count). The average molecular weight is 370 g/mol. The maximum absolute atomic E-state index is 14.0. The number of hydrogen-bond acceptors (Lipinski definition) is 2. The van der Waals surface area contributed by atoms with Crippen molar-refractivity contribution in [2.75, 3.05) is 11.4 Å². The van der Waals surface area contributed by atoms with Crippen LogP contribution in [0.3, 0.4) is 0 Å². The Hall–Kier alpha value is -2.76. The van der Waals surface area contributed by atoms with Gasteiger partial charge in [0.2, 0.25) is 5.91 Å². The van der Waals surface area contributed by atoms with E-state index in [-0.39, 0.29) is 24.4 Å². The normalized spacial score (nSPS) is 15.6. The third kappa shape index (κ3) is 3.44. The van der Waals surface area contributed by atoms with E-state index in [1.165, 1.54) is 19.1 Å². The minimum Gasteiger partial charge on any atom is -0.331 e. The summed E-state index contributed by atoms with van der Waals surface area (Å²) in [7, 11) is 0. The monoisotopic (exact) mass is 370 g/mol. The van der Waals surface area contributed by atoms with Gasteiger partial charge in [-0.1, -0.05) is 6.07 Å². The number of carbonyl (C=O) groups excluding carboxylic acids is 2. The van der Waals surface area contributed by atoms with E-state index in [1.54, 1.807) is 21.9 Å². The van der Waals surface area contributed by atoms with E-state index in [9.17, 15) is 18.4 Å². The van der Waals surface area contributed by atoms with Crippen molar-refractivity contribution >= 4 is 17.5 Å². The van der Waals surface area contributed by atoms with E-state index >= 15 is 0 Å². The number of carbonyl (C=O) groups is 2. The lowest BCUT2D eigenvalue weighted by molar-refractivity contribution is -0.116. The summed E-state index contributed by atoms with van der Waals surface area (Å²) >= 11 is 0. The Bertz CT molecular complexity index is 924. The van der Waals surface area contributed by atoms with Gasteiger partial charge in [-0.05, 0) is 49.1 Å². The molecule has 0 N–H and O–H groups in total. The van der Waals surface area contributed by atoms with Crippen LogP contribution in [-0.2, 0) is 17.8 Å². The highest BCUT2D eigenvalue weighted by molar-refractivity contribution is 5.98. The molecule has 0 spiro atoms. The molecule has 2 aromatic rings. The minimum absolute atomic E-state index is 0.0146. The van der Waals surface area contributed by atoms with Gasteiger partial charge in [0.05, 0.1) is 0 Å². The first-order chi connectivity index (χ1) is 12.9. The fraction of sp³-hybridized carbons (Fsp3) is 0.333. The Morgan fingerprint density at radius 3 is 2.59 bits per heavy atom. The molecular formula is C21H20F2N2O2. The number of rotatable bonds is 4. The average Bonchev–Trinajstić information content (AvgIpc) is 3.38. The van der Waals surface area contributed by atoms with Crippen molar-refractivity contribution in [2.24, 2.45) is 0 Å². The van der Waals surface area contributed by atoms with Crippen LogP contribution in [0.2, 0.25) is 0 Å². The summed E-state index contributed by atoms with van der Waals surface area (Å²) in [5, 5.41) is 0. The number of fused-ring (bicyclic) bond motifs is 1. The van der Waals surface area contributed by atoms with Gasteiger partial charge in [-0.3, -0.25) is 9.59 Å². The van der Waals surface area contributed by atoms with E-state index in [2.05, 4.69) is 0 Å². The van der Waals surface area contributed by atoms with Crippen molar-refractivity contribution in [3.05, 3.63) is 64.7 Å². The molecule has 0 atom stereocenters. The molecule has 2 amide bonds. The Balaban J connectivity index is 1.59. The van der Waals surface area contributed by atoms with Crippen molar-refractivity contribution in [3.8, 4) is 0 Å². The lowest BCUT2D eigenvalue weighted by atomic mass is 10.1. The van der Waals surface area contributed by atoms with Gasteiger partial charge in [-0.15, -0.1) is 0 Å². The number of amides is 2. The van der Waals surface area contributed by atoms with Gasteiger partial charge >= 0.3 is 0 Å². The molecule has 140 valence electrons. The molecule has 1 fully saturated rings. The molecule has 2 aliphatic rings. The second-order valence-electron chi connectivity index (χ2n) is 7.16. The summed E-state index contributed by atoms with van der Waals surface area (Å²) in [6.45, 7) is 2.27. The van der Waals surface area contributed by atoms with Crippen LogP contribution < -0.4 is 4.90 Å². The van der Waals surface area contributed by atoms with Gasteiger partial charge in [0.1, 0.15) is 11.6 Å². The Morgan fingerprint density at radius 1 is 1.15 bits per heavy atom. The number of benzene rings is 2. The predicted octanol–water partition coefficient (Wildman–Crippen LogP) is 3.68. The first-order valence-electron chi connectivity index (χ1n) is 9.10. The van der Waals surface area contributed by atoms with Gasteiger partial charge in [0, 0.05) is 48.9 Å². The van der Waals surface area contributed by atoms with Crippen LogP contribution in [0.1, 0.15) is 41.3 Å². The summed E-state index contributed by atoms with van der Waals surface area (Å²) in [5.74, 6) is -1.45. The topological polar surface area (TPSA) is 40.6 Å². The van der Waals surface area contributed by atoms with Crippen LogP contribution in [-0.4, -0.2) is 29.3 Å². The van der Waals surface area contributed by atoms with E-state index in [1.807, 2.05) is 6.07 Å². The first-order valence-corrected chi connectivity index (χ1v) is 9.10. The van der Waals surface area contributed by atoms with Crippen LogP contribution >= 0.6 is 0 Å². The molecule has 0 saturated heterocycles. The summed E-state index contributed by atoms with van der Waals surface area (Å²) in [6, 6.07) is 8.89. The Kier molecular flexibility index (Phi) is 4.42. The molecule has 1 heterocycles. The second kappa shape index (κ2) is 6.76. The maximum atomic E-state index is 14.0. The molecule has 1 aliphatic carbocycles. The van der Waals surface area contributed by atoms with Crippen LogP contribution in [0.25, 0.3) is 0 Å². The molecule has 4 nitrogen and oxygen atoms in total. The lowest BCUT2D eigenvalue weighted by Gasteiger charge is -2.23. The predicted molar refractivity (Wildman–Crippen MR) is 97.4 cm³/mol. The van der Waals surface area contributed by atoms with Crippen molar-refractivity contribution in [1.29, 1.82) is 0 Å². The molecule has 0 unspecified atom stereocenters. The van der Waals surface area contributed by atoms with E-state index in [4.69, 9.17) is 0 Å². The quantitative estimate of drug-likeness (QED) is 0.824. The molecule has 2 aromatic carbocycles. The van der Waals surface area contributed by atoms with E-state index < -0.39 is 11.6 Å². The smallest absolute Gasteiger partial charge is 0.254 e. The van der Waals surface area contributed by atoms with Crippen LogP contribution in [0.15, 0.2) is 36.4 Å². The fourth-order valence-corrected chi connectivity index (χ4v) is 3.61. The first kappa shape index (κ1) is 17.6.